The van der Waals surface area contributed by atoms with Crippen LogP contribution in [0.3, 0.4) is 0 Å². The largest absolute Gasteiger partial charge is 0.470 e. The predicted octanol–water partition coefficient (Wildman–Crippen LogP) is 1.09. The zero-order valence-corrected chi connectivity index (χ0v) is 13.6. The summed E-state index contributed by atoms with van der Waals surface area (Å²) < 4.78 is 11.0. The van der Waals surface area contributed by atoms with Crippen LogP contribution in [0.4, 0.5) is 0 Å². The Hall–Kier alpha value is -1.18. The first-order valence-corrected chi connectivity index (χ1v) is 8.79. The first-order chi connectivity index (χ1) is 10.8. The van der Waals surface area contributed by atoms with E-state index in [0.29, 0.717) is 32.3 Å². The summed E-state index contributed by atoms with van der Waals surface area (Å²) in [5.41, 5.74) is 0. The van der Waals surface area contributed by atoms with Gasteiger partial charge in [0.05, 0.1) is 26.4 Å². The van der Waals surface area contributed by atoms with E-state index in [0.717, 1.165) is 44.2 Å². The number of piperidine rings is 1. The van der Waals surface area contributed by atoms with Crippen LogP contribution in [0.5, 0.6) is 5.19 Å². The summed E-state index contributed by atoms with van der Waals surface area (Å²) >= 11 is 1.52. The number of rotatable bonds is 5. The monoisotopic (exact) mass is 325 g/mol. The highest BCUT2D eigenvalue weighted by Crippen LogP contribution is 2.20. The molecular weight excluding hydrogens is 302 g/mol. The topological polar surface area (TPSA) is 54.9 Å². The highest BCUT2D eigenvalue weighted by molar-refractivity contribution is 7.11. The van der Waals surface area contributed by atoms with E-state index in [2.05, 4.69) is 9.88 Å². The van der Waals surface area contributed by atoms with E-state index in [1.165, 1.54) is 11.3 Å². The van der Waals surface area contributed by atoms with Crippen LogP contribution in [0.2, 0.25) is 0 Å². The minimum atomic E-state index is 0.227. The van der Waals surface area contributed by atoms with Crippen LogP contribution >= 0.6 is 11.3 Å². The van der Waals surface area contributed by atoms with E-state index >= 15 is 0 Å². The number of carbonyl (C=O) groups excluding carboxylic acids is 1. The second-order valence-electron chi connectivity index (χ2n) is 5.85. The van der Waals surface area contributed by atoms with Crippen molar-refractivity contribution in [2.24, 2.45) is 5.92 Å². The number of carbonyl (C=O) groups is 1. The lowest BCUT2D eigenvalue weighted by Gasteiger charge is -2.34. The van der Waals surface area contributed by atoms with Crippen LogP contribution in [-0.2, 0) is 9.53 Å². The van der Waals surface area contributed by atoms with Gasteiger partial charge >= 0.3 is 0 Å². The zero-order chi connectivity index (χ0) is 15.2. The molecule has 0 aromatic carbocycles. The fraction of sp³-hybridized carbons (Fsp3) is 0.733. The number of hydrogen-bond donors (Lipinski definition) is 0. The Labute approximate surface area is 135 Å². The average molecular weight is 325 g/mol. The number of ether oxygens (including phenoxy) is 2. The van der Waals surface area contributed by atoms with Crippen LogP contribution in [-0.4, -0.2) is 73.2 Å². The second kappa shape index (κ2) is 7.89. The molecule has 3 rings (SSSR count). The number of nitrogens with zero attached hydrogens (tertiary/aromatic N) is 3. The molecule has 0 spiro atoms. The third-order valence-electron chi connectivity index (χ3n) is 4.18. The lowest BCUT2D eigenvalue weighted by Crippen LogP contribution is -2.48. The Kier molecular flexibility index (Phi) is 5.64. The van der Waals surface area contributed by atoms with Crippen molar-refractivity contribution in [3.8, 4) is 5.19 Å². The quantitative estimate of drug-likeness (QED) is 0.811. The standard InChI is InChI=1S/C15H23N3O3S/c19-14(18-5-7-20-8-6-18)11-17-4-1-2-13(10-17)12-21-15-16-3-9-22-15/h3,9,13H,1-2,4-8,10-12H2. The summed E-state index contributed by atoms with van der Waals surface area (Å²) in [6, 6.07) is 0. The molecule has 1 aromatic heterocycles. The Bertz CT molecular complexity index is 463. The van der Waals surface area contributed by atoms with Crippen molar-refractivity contribution in [3.63, 3.8) is 0 Å². The molecule has 2 saturated heterocycles. The van der Waals surface area contributed by atoms with Crippen molar-refractivity contribution in [1.82, 2.24) is 14.8 Å². The van der Waals surface area contributed by atoms with Crippen molar-refractivity contribution in [1.29, 1.82) is 0 Å². The number of aromatic nitrogens is 1. The number of likely N-dealkylation sites (tertiary alicyclic amines) is 1. The Morgan fingerprint density at radius 1 is 1.41 bits per heavy atom. The highest BCUT2D eigenvalue weighted by Gasteiger charge is 2.25. The molecule has 0 N–H and O–H groups in total. The number of amides is 1. The summed E-state index contributed by atoms with van der Waals surface area (Å²) in [6.45, 7) is 5.92. The van der Waals surface area contributed by atoms with Crippen LogP contribution < -0.4 is 4.74 Å². The predicted molar refractivity (Wildman–Crippen MR) is 84.2 cm³/mol. The summed E-state index contributed by atoms with van der Waals surface area (Å²) in [5, 5.41) is 2.66. The van der Waals surface area contributed by atoms with E-state index in [1.807, 2.05) is 10.3 Å². The maximum absolute atomic E-state index is 12.3. The van der Waals surface area contributed by atoms with Gasteiger partial charge in [-0.3, -0.25) is 9.69 Å². The van der Waals surface area contributed by atoms with Gasteiger partial charge in [0.25, 0.3) is 5.19 Å². The summed E-state index contributed by atoms with van der Waals surface area (Å²) in [4.78, 5) is 20.6. The molecule has 2 aliphatic rings. The van der Waals surface area contributed by atoms with E-state index in [9.17, 15) is 4.79 Å². The molecule has 22 heavy (non-hydrogen) atoms. The van der Waals surface area contributed by atoms with Gasteiger partial charge in [-0.05, 0) is 19.4 Å². The van der Waals surface area contributed by atoms with Gasteiger partial charge < -0.3 is 14.4 Å². The number of hydrogen-bond acceptors (Lipinski definition) is 6. The molecule has 0 bridgehead atoms. The van der Waals surface area contributed by atoms with Crippen LogP contribution in [0.1, 0.15) is 12.8 Å². The van der Waals surface area contributed by atoms with Gasteiger partial charge in [-0.15, -0.1) is 0 Å². The fourth-order valence-corrected chi connectivity index (χ4v) is 3.50. The second-order valence-corrected chi connectivity index (χ2v) is 6.70. The minimum Gasteiger partial charge on any atom is -0.470 e. The maximum Gasteiger partial charge on any atom is 0.273 e. The first kappa shape index (κ1) is 15.7. The summed E-state index contributed by atoms with van der Waals surface area (Å²) in [7, 11) is 0. The van der Waals surface area contributed by atoms with Crippen molar-refractivity contribution < 1.29 is 14.3 Å². The van der Waals surface area contributed by atoms with Crippen molar-refractivity contribution in [2.75, 3.05) is 52.5 Å². The molecule has 122 valence electrons. The maximum atomic E-state index is 12.3. The summed E-state index contributed by atoms with van der Waals surface area (Å²) in [5.74, 6) is 0.708. The fourth-order valence-electron chi connectivity index (χ4n) is 3.01. The lowest BCUT2D eigenvalue weighted by atomic mass is 9.99. The smallest absolute Gasteiger partial charge is 0.273 e. The molecule has 3 heterocycles. The Morgan fingerprint density at radius 3 is 3.05 bits per heavy atom. The van der Waals surface area contributed by atoms with Crippen LogP contribution in [0.25, 0.3) is 0 Å². The molecule has 7 heteroatoms. The average Bonchev–Trinajstić information content (AvgIpc) is 3.08. The number of morpholine rings is 1. The molecule has 2 fully saturated rings. The lowest BCUT2D eigenvalue weighted by molar-refractivity contribution is -0.137. The Morgan fingerprint density at radius 2 is 2.27 bits per heavy atom. The molecule has 6 nitrogen and oxygen atoms in total. The van der Waals surface area contributed by atoms with Gasteiger partial charge in [0.15, 0.2) is 0 Å². The SMILES string of the molecule is O=C(CN1CCCC(COc2nccs2)C1)N1CCOCC1. The van der Waals surface area contributed by atoms with E-state index in [1.54, 1.807) is 6.20 Å². The van der Waals surface area contributed by atoms with E-state index < -0.39 is 0 Å². The van der Waals surface area contributed by atoms with Gasteiger partial charge in [0.2, 0.25) is 5.91 Å². The minimum absolute atomic E-state index is 0.227. The van der Waals surface area contributed by atoms with Gasteiger partial charge in [-0.1, -0.05) is 11.3 Å². The third kappa shape index (κ3) is 4.41. The zero-order valence-electron chi connectivity index (χ0n) is 12.8. The van der Waals surface area contributed by atoms with Crippen molar-refractivity contribution in [2.45, 2.75) is 12.8 Å². The van der Waals surface area contributed by atoms with Crippen molar-refractivity contribution in [3.05, 3.63) is 11.6 Å². The normalized spacial score (nSPS) is 23.5. The first-order valence-electron chi connectivity index (χ1n) is 7.91. The molecular formula is C15H23N3O3S. The molecule has 1 unspecified atom stereocenters. The van der Waals surface area contributed by atoms with Crippen LogP contribution in [0.15, 0.2) is 11.6 Å². The van der Waals surface area contributed by atoms with Crippen LogP contribution in [0, 0.1) is 5.92 Å². The van der Waals surface area contributed by atoms with E-state index in [4.69, 9.17) is 9.47 Å². The Balaban J connectivity index is 1.42. The van der Waals surface area contributed by atoms with Crippen molar-refractivity contribution >= 4 is 17.2 Å². The molecule has 2 aliphatic heterocycles. The molecule has 0 radical (unpaired) electrons. The molecule has 0 saturated carbocycles. The summed E-state index contributed by atoms with van der Waals surface area (Å²) in [6.07, 6.45) is 4.05. The van der Waals surface area contributed by atoms with Gasteiger partial charge in [0, 0.05) is 37.1 Å². The van der Waals surface area contributed by atoms with Gasteiger partial charge in [0.1, 0.15) is 0 Å². The third-order valence-corrected chi connectivity index (χ3v) is 4.86. The highest BCUT2D eigenvalue weighted by atomic mass is 32.1. The number of thiazole rings is 1. The molecule has 1 atom stereocenters. The molecule has 1 aromatic rings. The molecule has 0 aliphatic carbocycles. The van der Waals surface area contributed by atoms with Gasteiger partial charge in [-0.2, -0.15) is 0 Å². The molecule has 1 amide bonds. The van der Waals surface area contributed by atoms with E-state index in [-0.39, 0.29) is 5.91 Å². The van der Waals surface area contributed by atoms with Gasteiger partial charge in [-0.25, -0.2) is 4.98 Å².